The first-order valence-corrected chi connectivity index (χ1v) is 7.87. The first kappa shape index (κ1) is 18.7. The lowest BCUT2D eigenvalue weighted by molar-refractivity contribution is 0.0599. The van der Waals surface area contributed by atoms with Gasteiger partial charge in [-0.05, 0) is 42.5 Å². The Kier molecular flexibility index (Phi) is 6.32. The van der Waals surface area contributed by atoms with Crippen LogP contribution in [0.1, 0.15) is 20.7 Å². The molecule has 25 heavy (non-hydrogen) atoms. The summed E-state index contributed by atoms with van der Waals surface area (Å²) in [6.07, 6.45) is 0. The van der Waals surface area contributed by atoms with E-state index >= 15 is 0 Å². The molecular weight excluding hydrogens is 364 g/mol. The average molecular weight is 379 g/mol. The summed E-state index contributed by atoms with van der Waals surface area (Å²) in [4.78, 5) is 23.6. The van der Waals surface area contributed by atoms with Gasteiger partial charge in [0.05, 0.1) is 36.1 Å². The highest BCUT2D eigenvalue weighted by molar-refractivity contribution is 7.80. The number of methoxy groups -OCH3 is 2. The number of ether oxygens (including phenoxy) is 2. The zero-order valence-electron chi connectivity index (χ0n) is 13.5. The second-order valence-corrected chi connectivity index (χ2v) is 5.66. The number of esters is 2. The number of carbonyl (C=O) groups excluding carboxylic acids is 2. The smallest absolute Gasteiger partial charge is 0.337 e. The van der Waals surface area contributed by atoms with Gasteiger partial charge < -0.3 is 20.1 Å². The van der Waals surface area contributed by atoms with Crippen molar-refractivity contribution in [3.8, 4) is 0 Å². The SMILES string of the molecule is COC(=O)c1cc(NC(=S)Nc2ccccc2Cl)cc(C(=O)OC)c1. The van der Waals surface area contributed by atoms with Gasteiger partial charge >= 0.3 is 11.9 Å². The van der Waals surface area contributed by atoms with Gasteiger partial charge in [0.2, 0.25) is 0 Å². The normalized spacial score (nSPS) is 9.88. The van der Waals surface area contributed by atoms with E-state index in [2.05, 4.69) is 10.6 Å². The van der Waals surface area contributed by atoms with E-state index in [0.717, 1.165) is 0 Å². The van der Waals surface area contributed by atoms with Gasteiger partial charge in [-0.15, -0.1) is 0 Å². The number of rotatable bonds is 4. The minimum atomic E-state index is -0.584. The average Bonchev–Trinajstić information content (AvgIpc) is 2.61. The molecule has 0 aliphatic carbocycles. The molecule has 0 unspecified atom stereocenters. The first-order valence-electron chi connectivity index (χ1n) is 7.09. The van der Waals surface area contributed by atoms with Crippen LogP contribution < -0.4 is 10.6 Å². The van der Waals surface area contributed by atoms with E-state index in [0.29, 0.717) is 16.4 Å². The Balaban J connectivity index is 2.25. The fourth-order valence-electron chi connectivity index (χ4n) is 2.02. The zero-order chi connectivity index (χ0) is 18.4. The summed E-state index contributed by atoms with van der Waals surface area (Å²) in [6, 6.07) is 11.5. The summed E-state index contributed by atoms with van der Waals surface area (Å²) in [7, 11) is 2.51. The maximum Gasteiger partial charge on any atom is 0.337 e. The molecule has 130 valence electrons. The van der Waals surface area contributed by atoms with Gasteiger partial charge in [-0.25, -0.2) is 9.59 Å². The molecule has 2 aromatic rings. The van der Waals surface area contributed by atoms with Crippen LogP contribution in [0, 0.1) is 0 Å². The van der Waals surface area contributed by atoms with Gasteiger partial charge in [-0.3, -0.25) is 0 Å². The van der Waals surface area contributed by atoms with Gasteiger partial charge in [0, 0.05) is 5.69 Å². The number of hydrogen-bond acceptors (Lipinski definition) is 5. The second-order valence-electron chi connectivity index (χ2n) is 4.84. The van der Waals surface area contributed by atoms with Crippen LogP contribution in [0.25, 0.3) is 0 Å². The van der Waals surface area contributed by atoms with Crippen LogP contribution in [-0.2, 0) is 9.47 Å². The number of carbonyl (C=O) groups is 2. The lowest BCUT2D eigenvalue weighted by Crippen LogP contribution is -2.20. The number of halogens is 1. The van der Waals surface area contributed by atoms with Crippen molar-refractivity contribution in [2.24, 2.45) is 0 Å². The van der Waals surface area contributed by atoms with Crippen molar-refractivity contribution in [2.45, 2.75) is 0 Å². The largest absolute Gasteiger partial charge is 0.465 e. The van der Waals surface area contributed by atoms with Crippen molar-refractivity contribution in [1.82, 2.24) is 0 Å². The molecule has 0 aliphatic rings. The first-order chi connectivity index (χ1) is 11.9. The molecule has 8 heteroatoms. The second kappa shape index (κ2) is 8.46. The number of anilines is 2. The van der Waals surface area contributed by atoms with Crippen LogP contribution in [0.15, 0.2) is 42.5 Å². The predicted molar refractivity (Wildman–Crippen MR) is 100 cm³/mol. The summed E-state index contributed by atoms with van der Waals surface area (Å²) in [5.74, 6) is -1.17. The van der Waals surface area contributed by atoms with Crippen molar-refractivity contribution >= 4 is 52.2 Å². The lowest BCUT2D eigenvalue weighted by atomic mass is 10.1. The number of benzene rings is 2. The van der Waals surface area contributed by atoms with Crippen LogP contribution in [0.4, 0.5) is 11.4 Å². The predicted octanol–water partition coefficient (Wildman–Crippen LogP) is 3.72. The Morgan fingerprint density at radius 3 is 2.04 bits per heavy atom. The molecule has 0 fully saturated rings. The van der Waals surface area contributed by atoms with E-state index in [9.17, 15) is 9.59 Å². The summed E-state index contributed by atoms with van der Waals surface area (Å²) in [6.45, 7) is 0. The molecular formula is C17H15ClN2O4S. The highest BCUT2D eigenvalue weighted by Gasteiger charge is 2.14. The molecule has 0 radical (unpaired) electrons. The van der Waals surface area contributed by atoms with E-state index < -0.39 is 11.9 Å². The number of thiocarbonyl (C=S) groups is 1. The highest BCUT2D eigenvalue weighted by Crippen LogP contribution is 2.21. The maximum absolute atomic E-state index is 11.8. The summed E-state index contributed by atoms with van der Waals surface area (Å²) >= 11 is 11.3. The van der Waals surface area contributed by atoms with Crippen LogP contribution >= 0.6 is 23.8 Å². The molecule has 6 nitrogen and oxygen atoms in total. The van der Waals surface area contributed by atoms with E-state index in [-0.39, 0.29) is 16.2 Å². The number of nitrogens with one attached hydrogen (secondary N) is 2. The van der Waals surface area contributed by atoms with Gasteiger partial charge in [-0.1, -0.05) is 23.7 Å². The number of hydrogen-bond donors (Lipinski definition) is 2. The Morgan fingerprint density at radius 2 is 1.52 bits per heavy atom. The Morgan fingerprint density at radius 1 is 0.960 bits per heavy atom. The Bertz CT molecular complexity index is 792. The zero-order valence-corrected chi connectivity index (χ0v) is 15.0. The molecule has 0 spiro atoms. The standard InChI is InChI=1S/C17H15ClN2O4S/c1-23-15(21)10-7-11(16(22)24-2)9-12(8-10)19-17(25)20-14-6-4-3-5-13(14)18/h3-9H,1-2H3,(H2,19,20,25). The molecule has 0 heterocycles. The van der Waals surface area contributed by atoms with E-state index in [1.807, 2.05) is 6.07 Å². The quantitative estimate of drug-likeness (QED) is 0.620. The van der Waals surface area contributed by atoms with Crippen LogP contribution in [-0.4, -0.2) is 31.3 Å². The molecule has 0 aliphatic heterocycles. The van der Waals surface area contributed by atoms with Gasteiger partial charge in [0.15, 0.2) is 5.11 Å². The van der Waals surface area contributed by atoms with Crippen LogP contribution in [0.2, 0.25) is 5.02 Å². The molecule has 2 rings (SSSR count). The number of para-hydroxylation sites is 1. The van der Waals surface area contributed by atoms with Gasteiger partial charge in [0.1, 0.15) is 0 Å². The molecule has 0 atom stereocenters. The van der Waals surface area contributed by atoms with Gasteiger partial charge in [0.25, 0.3) is 0 Å². The van der Waals surface area contributed by atoms with Crippen molar-refractivity contribution in [1.29, 1.82) is 0 Å². The van der Waals surface area contributed by atoms with Crippen LogP contribution in [0.5, 0.6) is 0 Å². The van der Waals surface area contributed by atoms with Crippen molar-refractivity contribution in [2.75, 3.05) is 24.9 Å². The molecule has 0 bridgehead atoms. The lowest BCUT2D eigenvalue weighted by Gasteiger charge is -2.13. The minimum Gasteiger partial charge on any atom is -0.465 e. The van der Waals surface area contributed by atoms with Crippen molar-refractivity contribution < 1.29 is 19.1 Å². The van der Waals surface area contributed by atoms with E-state index in [1.54, 1.807) is 18.2 Å². The fourth-order valence-corrected chi connectivity index (χ4v) is 2.43. The summed E-state index contributed by atoms with van der Waals surface area (Å²) < 4.78 is 9.38. The van der Waals surface area contributed by atoms with Crippen LogP contribution in [0.3, 0.4) is 0 Å². The highest BCUT2D eigenvalue weighted by atomic mass is 35.5. The maximum atomic E-state index is 11.8. The van der Waals surface area contributed by atoms with Gasteiger partial charge in [-0.2, -0.15) is 0 Å². The molecule has 2 N–H and O–H groups in total. The Labute approximate surface area is 155 Å². The third-order valence-corrected chi connectivity index (χ3v) is 3.69. The van der Waals surface area contributed by atoms with Crippen molar-refractivity contribution in [3.63, 3.8) is 0 Å². The minimum absolute atomic E-state index is 0.188. The van der Waals surface area contributed by atoms with E-state index in [1.165, 1.54) is 32.4 Å². The van der Waals surface area contributed by atoms with Crippen molar-refractivity contribution in [3.05, 3.63) is 58.6 Å². The summed E-state index contributed by atoms with van der Waals surface area (Å²) in [5, 5.41) is 6.59. The molecule has 0 saturated carbocycles. The summed E-state index contributed by atoms with van der Waals surface area (Å²) in [5.41, 5.74) is 1.42. The van der Waals surface area contributed by atoms with E-state index in [4.69, 9.17) is 33.3 Å². The molecule has 0 aromatic heterocycles. The Hall–Kier alpha value is -2.64. The molecule has 0 saturated heterocycles. The fraction of sp³-hybridized carbons (Fsp3) is 0.118. The topological polar surface area (TPSA) is 76.7 Å². The molecule has 2 aromatic carbocycles. The third-order valence-electron chi connectivity index (χ3n) is 3.16. The molecule has 0 amide bonds. The monoisotopic (exact) mass is 378 g/mol. The third kappa shape index (κ3) is 4.91.